The van der Waals surface area contributed by atoms with E-state index in [-0.39, 0.29) is 0 Å². The van der Waals surface area contributed by atoms with E-state index >= 15 is 0 Å². The zero-order valence-electron chi connectivity index (χ0n) is 15.4. The van der Waals surface area contributed by atoms with Gasteiger partial charge >= 0.3 is 0 Å². The van der Waals surface area contributed by atoms with Crippen LogP contribution in [0.1, 0.15) is 24.3 Å². The van der Waals surface area contributed by atoms with Gasteiger partial charge in [0.05, 0.1) is 18.1 Å². The van der Waals surface area contributed by atoms with Gasteiger partial charge in [0, 0.05) is 10.6 Å². The number of nitrogens with one attached hydrogen (secondary N) is 2. The van der Waals surface area contributed by atoms with Crippen LogP contribution >= 0.6 is 11.6 Å². The number of hydrogen-bond acceptors (Lipinski definition) is 3. The van der Waals surface area contributed by atoms with Crippen molar-refractivity contribution in [2.45, 2.75) is 18.8 Å². The highest BCUT2D eigenvalue weighted by atomic mass is 35.5. The van der Waals surface area contributed by atoms with E-state index in [9.17, 15) is 0 Å². The first-order valence-electron chi connectivity index (χ1n) is 9.57. The fourth-order valence-electron chi connectivity index (χ4n) is 3.80. The Morgan fingerprint density at radius 1 is 0.964 bits per heavy atom. The minimum Gasteiger partial charge on any atom is -0.457 e. The number of piperidine rings is 1. The summed E-state index contributed by atoms with van der Waals surface area (Å²) in [5.74, 6) is 2.13. The molecule has 4 aromatic rings. The Kier molecular flexibility index (Phi) is 4.55. The second-order valence-corrected chi connectivity index (χ2v) is 7.60. The maximum atomic E-state index is 5.92. The van der Waals surface area contributed by atoms with Crippen LogP contribution in [-0.2, 0) is 0 Å². The van der Waals surface area contributed by atoms with Crippen molar-refractivity contribution in [3.63, 3.8) is 0 Å². The molecular weight excluding hydrogens is 372 g/mol. The van der Waals surface area contributed by atoms with Gasteiger partial charge in [-0.3, -0.25) is 0 Å². The number of H-pyrrole nitrogens is 1. The number of rotatable bonds is 4. The number of hydrogen-bond donors (Lipinski definition) is 2. The van der Waals surface area contributed by atoms with E-state index in [1.807, 2.05) is 47.1 Å². The highest BCUT2D eigenvalue weighted by Crippen LogP contribution is 2.31. The molecule has 0 saturated carbocycles. The fraction of sp³-hybridized carbons (Fsp3) is 0.227. The van der Waals surface area contributed by atoms with Crippen LogP contribution in [0.2, 0.25) is 5.02 Å². The standard InChI is InChI=1S/C22H21ClN4O/c23-17-3-7-19(8-4-17)28-18-5-1-16(2-6-18)21-14-27-22(26-21)20(13-25-27)15-9-11-24-12-10-15/h1-8,13-15,24,26H,9-12H2. The number of ether oxygens (including phenoxy) is 1. The largest absolute Gasteiger partial charge is 0.457 e. The van der Waals surface area contributed by atoms with Crippen LogP contribution in [0.4, 0.5) is 0 Å². The third kappa shape index (κ3) is 3.39. The smallest absolute Gasteiger partial charge is 0.137 e. The minimum absolute atomic E-state index is 0.570. The van der Waals surface area contributed by atoms with Gasteiger partial charge in [0.1, 0.15) is 17.1 Å². The van der Waals surface area contributed by atoms with E-state index in [1.165, 1.54) is 5.56 Å². The number of benzene rings is 2. The van der Waals surface area contributed by atoms with E-state index in [4.69, 9.17) is 16.3 Å². The third-order valence-corrected chi connectivity index (χ3v) is 5.57. The summed E-state index contributed by atoms with van der Waals surface area (Å²) in [5, 5.41) is 8.67. The van der Waals surface area contributed by atoms with Gasteiger partial charge in [-0.05, 0) is 85.9 Å². The van der Waals surface area contributed by atoms with Gasteiger partial charge in [-0.1, -0.05) is 11.6 Å². The average molecular weight is 393 g/mol. The van der Waals surface area contributed by atoms with Gasteiger partial charge in [0.2, 0.25) is 0 Å². The van der Waals surface area contributed by atoms with Crippen LogP contribution in [0.3, 0.4) is 0 Å². The number of aromatic amines is 1. The molecule has 2 N–H and O–H groups in total. The van der Waals surface area contributed by atoms with Gasteiger partial charge in [0.25, 0.3) is 0 Å². The monoisotopic (exact) mass is 392 g/mol. The molecule has 1 aliphatic rings. The first-order chi connectivity index (χ1) is 13.8. The molecule has 0 radical (unpaired) electrons. The van der Waals surface area contributed by atoms with Crippen molar-refractivity contribution in [1.29, 1.82) is 0 Å². The van der Waals surface area contributed by atoms with Gasteiger partial charge in [0.15, 0.2) is 0 Å². The van der Waals surface area contributed by atoms with Crippen molar-refractivity contribution in [3.8, 4) is 22.8 Å². The van der Waals surface area contributed by atoms with Gasteiger partial charge < -0.3 is 15.0 Å². The minimum atomic E-state index is 0.570. The molecule has 1 aliphatic heterocycles. The molecule has 28 heavy (non-hydrogen) atoms. The molecule has 5 rings (SSSR count). The Bertz CT molecular complexity index is 1080. The Morgan fingerprint density at radius 3 is 2.36 bits per heavy atom. The van der Waals surface area contributed by atoms with Crippen LogP contribution in [0.15, 0.2) is 60.9 Å². The summed E-state index contributed by atoms with van der Waals surface area (Å²) < 4.78 is 7.82. The highest BCUT2D eigenvalue weighted by Gasteiger charge is 2.20. The molecule has 142 valence electrons. The summed E-state index contributed by atoms with van der Waals surface area (Å²) >= 11 is 5.92. The SMILES string of the molecule is Clc1ccc(Oc2ccc(-c3cn4ncc(C5CCNCC5)c4[nH]3)cc2)cc1. The number of halogens is 1. The van der Waals surface area contributed by atoms with Crippen molar-refractivity contribution in [2.75, 3.05) is 13.1 Å². The summed E-state index contributed by atoms with van der Waals surface area (Å²) in [5.41, 5.74) is 4.57. The first-order valence-corrected chi connectivity index (χ1v) is 9.95. The molecule has 1 saturated heterocycles. The molecule has 6 heteroatoms. The molecule has 0 bridgehead atoms. The van der Waals surface area contributed by atoms with E-state index in [0.717, 1.165) is 54.3 Å². The van der Waals surface area contributed by atoms with Gasteiger partial charge in [-0.25, -0.2) is 4.52 Å². The second kappa shape index (κ2) is 7.34. The van der Waals surface area contributed by atoms with Crippen LogP contribution in [-0.4, -0.2) is 27.7 Å². The maximum Gasteiger partial charge on any atom is 0.137 e. The van der Waals surface area contributed by atoms with Crippen LogP contribution in [0.5, 0.6) is 11.5 Å². The Hall–Kier alpha value is -2.76. The van der Waals surface area contributed by atoms with Crippen molar-refractivity contribution in [3.05, 3.63) is 71.5 Å². The maximum absolute atomic E-state index is 5.92. The quantitative estimate of drug-likeness (QED) is 0.499. The third-order valence-electron chi connectivity index (χ3n) is 5.32. The van der Waals surface area contributed by atoms with Crippen LogP contribution in [0.25, 0.3) is 16.9 Å². The zero-order chi connectivity index (χ0) is 18.9. The summed E-state index contributed by atoms with van der Waals surface area (Å²) in [6, 6.07) is 15.4. The number of aromatic nitrogens is 3. The number of fused-ring (bicyclic) bond motifs is 1. The predicted molar refractivity (Wildman–Crippen MR) is 111 cm³/mol. The zero-order valence-corrected chi connectivity index (χ0v) is 16.1. The first kappa shape index (κ1) is 17.3. The molecule has 2 aromatic carbocycles. The van der Waals surface area contributed by atoms with Crippen LogP contribution in [0, 0.1) is 0 Å². The highest BCUT2D eigenvalue weighted by molar-refractivity contribution is 6.30. The molecule has 0 atom stereocenters. The lowest BCUT2D eigenvalue weighted by molar-refractivity contribution is 0.462. The molecule has 2 aromatic heterocycles. The lowest BCUT2D eigenvalue weighted by atomic mass is 9.92. The normalized spacial score (nSPS) is 15.2. The summed E-state index contributed by atoms with van der Waals surface area (Å²) in [7, 11) is 0. The Balaban J connectivity index is 1.37. The summed E-state index contributed by atoms with van der Waals surface area (Å²) in [6.45, 7) is 2.15. The Morgan fingerprint density at radius 2 is 1.64 bits per heavy atom. The molecule has 0 aliphatic carbocycles. The van der Waals surface area contributed by atoms with E-state index in [0.29, 0.717) is 10.9 Å². The van der Waals surface area contributed by atoms with Crippen molar-refractivity contribution < 1.29 is 4.74 Å². The van der Waals surface area contributed by atoms with Gasteiger partial charge in [-0.15, -0.1) is 0 Å². The Labute approximate surface area is 168 Å². The van der Waals surface area contributed by atoms with E-state index in [1.54, 1.807) is 0 Å². The predicted octanol–water partition coefficient (Wildman–Crippen LogP) is 5.24. The molecule has 0 unspecified atom stereocenters. The van der Waals surface area contributed by atoms with Crippen molar-refractivity contribution in [2.24, 2.45) is 0 Å². The molecule has 1 fully saturated rings. The van der Waals surface area contributed by atoms with Crippen molar-refractivity contribution in [1.82, 2.24) is 19.9 Å². The topological polar surface area (TPSA) is 54.4 Å². The second-order valence-electron chi connectivity index (χ2n) is 7.17. The molecular formula is C22H21ClN4O. The van der Waals surface area contributed by atoms with Gasteiger partial charge in [-0.2, -0.15) is 5.10 Å². The van der Waals surface area contributed by atoms with Crippen LogP contribution < -0.4 is 10.1 Å². The molecule has 3 heterocycles. The fourth-order valence-corrected chi connectivity index (χ4v) is 3.93. The number of nitrogens with zero attached hydrogens (tertiary/aromatic N) is 2. The summed E-state index contributed by atoms with van der Waals surface area (Å²) in [6.07, 6.45) is 6.38. The lowest BCUT2D eigenvalue weighted by Crippen LogP contribution is -2.26. The summed E-state index contributed by atoms with van der Waals surface area (Å²) in [4.78, 5) is 3.56. The van der Waals surface area contributed by atoms with E-state index in [2.05, 4.69) is 33.7 Å². The number of imidazole rings is 1. The lowest BCUT2D eigenvalue weighted by Gasteiger charge is -2.21. The van der Waals surface area contributed by atoms with E-state index < -0.39 is 0 Å². The molecule has 0 amide bonds. The molecule has 0 spiro atoms. The van der Waals surface area contributed by atoms with Crippen molar-refractivity contribution >= 4 is 17.2 Å². The molecule has 5 nitrogen and oxygen atoms in total. The average Bonchev–Trinajstić information content (AvgIpc) is 3.32.